The molecule has 1 aromatic carbocycles. The Morgan fingerprint density at radius 3 is 2.86 bits per heavy atom. The molecule has 2 aromatic rings. The molecule has 3 rings (SSSR count). The molecule has 114 valence electrons. The van der Waals surface area contributed by atoms with Crippen LogP contribution >= 0.6 is 11.8 Å². The molecule has 0 spiro atoms. The molecule has 0 bridgehead atoms. The maximum atomic E-state index is 10.4. The van der Waals surface area contributed by atoms with E-state index in [2.05, 4.69) is 31.2 Å². The molecule has 1 aromatic heterocycles. The smallest absolute Gasteiger partial charge is 0.0729 e. The number of thioether (sulfide) groups is 1. The first kappa shape index (κ1) is 14.9. The van der Waals surface area contributed by atoms with Gasteiger partial charge in [-0.15, -0.1) is 0 Å². The van der Waals surface area contributed by atoms with Crippen LogP contribution in [0, 0.1) is 5.92 Å². The SMILES string of the molecule is CCn1nc(CC(O)CC2CCSCC2)c2ccccc21. The minimum Gasteiger partial charge on any atom is -0.393 e. The summed E-state index contributed by atoms with van der Waals surface area (Å²) in [4.78, 5) is 0. The van der Waals surface area contributed by atoms with Crippen molar-refractivity contribution in [3.63, 3.8) is 0 Å². The van der Waals surface area contributed by atoms with Gasteiger partial charge in [0.05, 0.1) is 17.3 Å². The Morgan fingerprint density at radius 2 is 2.10 bits per heavy atom. The van der Waals surface area contributed by atoms with Gasteiger partial charge in [-0.1, -0.05) is 18.2 Å². The van der Waals surface area contributed by atoms with Crippen LogP contribution in [-0.4, -0.2) is 32.5 Å². The fourth-order valence-electron chi connectivity index (χ4n) is 3.26. The Bertz CT molecular complexity index is 589. The average Bonchev–Trinajstić information content (AvgIpc) is 2.86. The Balaban J connectivity index is 1.71. The molecule has 0 aliphatic carbocycles. The van der Waals surface area contributed by atoms with Crippen LogP contribution in [0.4, 0.5) is 0 Å². The second kappa shape index (κ2) is 6.84. The van der Waals surface area contributed by atoms with E-state index < -0.39 is 0 Å². The van der Waals surface area contributed by atoms with E-state index in [0.29, 0.717) is 12.3 Å². The van der Waals surface area contributed by atoms with Gasteiger partial charge in [-0.2, -0.15) is 16.9 Å². The van der Waals surface area contributed by atoms with Crippen LogP contribution in [0.2, 0.25) is 0 Å². The number of hydrogen-bond donors (Lipinski definition) is 1. The van der Waals surface area contributed by atoms with Gasteiger partial charge in [-0.25, -0.2) is 0 Å². The van der Waals surface area contributed by atoms with E-state index in [1.165, 1.54) is 35.3 Å². The van der Waals surface area contributed by atoms with Crippen molar-refractivity contribution in [3.8, 4) is 0 Å². The lowest BCUT2D eigenvalue weighted by Gasteiger charge is -2.23. The topological polar surface area (TPSA) is 38.0 Å². The van der Waals surface area contributed by atoms with Crippen molar-refractivity contribution in [3.05, 3.63) is 30.0 Å². The molecule has 1 atom stereocenters. The zero-order chi connectivity index (χ0) is 14.7. The van der Waals surface area contributed by atoms with Crippen LogP contribution in [0.5, 0.6) is 0 Å². The summed E-state index contributed by atoms with van der Waals surface area (Å²) in [6.07, 6.45) is 3.85. The molecule has 1 aliphatic rings. The quantitative estimate of drug-likeness (QED) is 0.919. The van der Waals surface area contributed by atoms with Gasteiger partial charge < -0.3 is 5.11 Å². The summed E-state index contributed by atoms with van der Waals surface area (Å²) in [7, 11) is 0. The van der Waals surface area contributed by atoms with Crippen LogP contribution in [-0.2, 0) is 13.0 Å². The number of aryl methyl sites for hydroxylation is 1. The highest BCUT2D eigenvalue weighted by Gasteiger charge is 2.20. The number of aliphatic hydroxyl groups excluding tert-OH is 1. The van der Waals surface area contributed by atoms with Gasteiger partial charge in [0.25, 0.3) is 0 Å². The Morgan fingerprint density at radius 1 is 1.33 bits per heavy atom. The first-order valence-corrected chi connectivity index (χ1v) is 9.13. The lowest BCUT2D eigenvalue weighted by atomic mass is 9.93. The maximum absolute atomic E-state index is 10.4. The van der Waals surface area contributed by atoms with Gasteiger partial charge in [0.1, 0.15) is 0 Å². The highest BCUT2D eigenvalue weighted by Crippen LogP contribution is 2.28. The zero-order valence-corrected chi connectivity index (χ0v) is 13.5. The molecule has 4 heteroatoms. The second-order valence-corrected chi connectivity index (χ2v) is 7.15. The molecular formula is C17H24N2OS. The average molecular weight is 304 g/mol. The molecule has 1 unspecified atom stereocenters. The predicted molar refractivity (Wildman–Crippen MR) is 89.8 cm³/mol. The Hall–Kier alpha value is -1.00. The van der Waals surface area contributed by atoms with E-state index in [-0.39, 0.29) is 6.10 Å². The van der Waals surface area contributed by atoms with Crippen molar-refractivity contribution in [2.24, 2.45) is 5.92 Å². The number of hydrogen-bond acceptors (Lipinski definition) is 3. The van der Waals surface area contributed by atoms with E-state index in [1.807, 2.05) is 16.4 Å². The summed E-state index contributed by atoms with van der Waals surface area (Å²) in [6, 6.07) is 8.34. The van der Waals surface area contributed by atoms with E-state index in [4.69, 9.17) is 5.10 Å². The first-order valence-electron chi connectivity index (χ1n) is 7.98. The Labute approximate surface area is 130 Å². The predicted octanol–water partition coefficient (Wildman–Crippen LogP) is 3.49. The molecule has 1 fully saturated rings. The van der Waals surface area contributed by atoms with Crippen LogP contribution in [0.25, 0.3) is 10.9 Å². The third kappa shape index (κ3) is 3.43. The van der Waals surface area contributed by atoms with Crippen molar-refractivity contribution in [1.82, 2.24) is 9.78 Å². The number of aromatic nitrogens is 2. The summed E-state index contributed by atoms with van der Waals surface area (Å²) >= 11 is 2.04. The first-order chi connectivity index (χ1) is 10.3. The van der Waals surface area contributed by atoms with Crippen molar-refractivity contribution in [1.29, 1.82) is 0 Å². The van der Waals surface area contributed by atoms with Gasteiger partial charge in [0.2, 0.25) is 0 Å². The summed E-state index contributed by atoms with van der Waals surface area (Å²) in [5.74, 6) is 3.20. The van der Waals surface area contributed by atoms with Gasteiger partial charge in [-0.05, 0) is 49.7 Å². The maximum Gasteiger partial charge on any atom is 0.0729 e. The third-order valence-electron chi connectivity index (χ3n) is 4.41. The van der Waals surface area contributed by atoms with Crippen molar-refractivity contribution >= 4 is 22.7 Å². The minimum absolute atomic E-state index is 0.262. The normalized spacial score (nSPS) is 18.2. The monoisotopic (exact) mass is 304 g/mol. The molecule has 21 heavy (non-hydrogen) atoms. The molecule has 3 nitrogen and oxygen atoms in total. The van der Waals surface area contributed by atoms with E-state index in [0.717, 1.165) is 18.7 Å². The summed E-state index contributed by atoms with van der Waals surface area (Å²) < 4.78 is 2.04. The number of para-hydroxylation sites is 1. The van der Waals surface area contributed by atoms with E-state index >= 15 is 0 Å². The van der Waals surface area contributed by atoms with Crippen molar-refractivity contribution in [2.75, 3.05) is 11.5 Å². The van der Waals surface area contributed by atoms with Gasteiger partial charge >= 0.3 is 0 Å². The second-order valence-electron chi connectivity index (χ2n) is 5.93. The van der Waals surface area contributed by atoms with Crippen molar-refractivity contribution < 1.29 is 5.11 Å². The van der Waals surface area contributed by atoms with Crippen LogP contribution in [0.1, 0.15) is 31.9 Å². The standard InChI is InChI=1S/C17H24N2OS/c1-2-19-17-6-4-3-5-15(17)16(18-19)12-14(20)11-13-7-9-21-10-8-13/h3-6,13-14,20H,2,7-12H2,1H3. The van der Waals surface area contributed by atoms with Gasteiger partial charge in [0, 0.05) is 18.4 Å². The molecule has 0 amide bonds. The molecule has 0 radical (unpaired) electrons. The molecule has 0 saturated carbocycles. The summed E-state index contributed by atoms with van der Waals surface area (Å²) in [6.45, 7) is 2.98. The molecular weight excluding hydrogens is 280 g/mol. The van der Waals surface area contributed by atoms with Gasteiger partial charge in [0.15, 0.2) is 0 Å². The molecule has 1 N–H and O–H groups in total. The fraction of sp³-hybridized carbons (Fsp3) is 0.588. The molecule has 1 aliphatic heterocycles. The van der Waals surface area contributed by atoms with Crippen LogP contribution in [0.15, 0.2) is 24.3 Å². The van der Waals surface area contributed by atoms with Crippen molar-refractivity contribution in [2.45, 2.75) is 45.3 Å². The van der Waals surface area contributed by atoms with E-state index in [9.17, 15) is 5.11 Å². The fourth-order valence-corrected chi connectivity index (χ4v) is 4.47. The number of fused-ring (bicyclic) bond motifs is 1. The summed E-state index contributed by atoms with van der Waals surface area (Å²) in [5, 5.41) is 16.3. The van der Waals surface area contributed by atoms with Gasteiger partial charge in [-0.3, -0.25) is 4.68 Å². The largest absolute Gasteiger partial charge is 0.393 e. The molecule has 1 saturated heterocycles. The highest BCUT2D eigenvalue weighted by atomic mass is 32.2. The lowest BCUT2D eigenvalue weighted by molar-refractivity contribution is 0.138. The van der Waals surface area contributed by atoms with E-state index in [1.54, 1.807) is 0 Å². The van der Waals surface area contributed by atoms with Crippen LogP contribution in [0.3, 0.4) is 0 Å². The highest BCUT2D eigenvalue weighted by molar-refractivity contribution is 7.99. The van der Waals surface area contributed by atoms with Crippen LogP contribution < -0.4 is 0 Å². The third-order valence-corrected chi connectivity index (χ3v) is 5.46. The minimum atomic E-state index is -0.262. The number of nitrogens with zero attached hydrogens (tertiary/aromatic N) is 2. The Kier molecular flexibility index (Phi) is 4.86. The number of aliphatic hydroxyl groups is 1. The lowest BCUT2D eigenvalue weighted by Crippen LogP contribution is -2.20. The number of rotatable bonds is 5. The summed E-state index contributed by atoms with van der Waals surface area (Å²) in [5.41, 5.74) is 2.22. The number of benzene rings is 1. The molecule has 2 heterocycles. The zero-order valence-electron chi connectivity index (χ0n) is 12.7.